The van der Waals surface area contributed by atoms with Crippen molar-refractivity contribution in [1.82, 2.24) is 9.97 Å². The molecule has 4 rings (SSSR count). The van der Waals surface area contributed by atoms with Crippen molar-refractivity contribution < 1.29 is 9.47 Å². The first kappa shape index (κ1) is 15.8. The molecule has 0 bridgehead atoms. The van der Waals surface area contributed by atoms with Crippen molar-refractivity contribution >= 4 is 33.2 Å². The fraction of sp³-hybridized carbons (Fsp3) is 0.100. The number of anilines is 2. The zero-order chi connectivity index (χ0) is 18.1. The van der Waals surface area contributed by atoms with E-state index in [1.807, 2.05) is 42.6 Å². The molecular weight excluding hydrogens is 328 g/mol. The van der Waals surface area contributed by atoms with Gasteiger partial charge in [0, 0.05) is 34.4 Å². The van der Waals surface area contributed by atoms with Gasteiger partial charge in [0.2, 0.25) is 0 Å². The van der Waals surface area contributed by atoms with E-state index in [2.05, 4.69) is 21.4 Å². The number of pyridine rings is 1. The van der Waals surface area contributed by atoms with Crippen LogP contribution >= 0.6 is 0 Å². The van der Waals surface area contributed by atoms with Crippen LogP contribution in [-0.2, 0) is 0 Å². The lowest BCUT2D eigenvalue weighted by molar-refractivity contribution is 0.358. The summed E-state index contributed by atoms with van der Waals surface area (Å²) in [6.45, 7) is 0. The summed E-state index contributed by atoms with van der Waals surface area (Å²) in [6, 6.07) is 13.8. The third kappa shape index (κ3) is 2.38. The largest absolute Gasteiger partial charge is 0.493 e. The Morgan fingerprint density at radius 3 is 2.73 bits per heavy atom. The predicted molar refractivity (Wildman–Crippen MR) is 101 cm³/mol. The first-order valence-corrected chi connectivity index (χ1v) is 8.03. The van der Waals surface area contributed by atoms with Crippen LogP contribution in [0.25, 0.3) is 21.8 Å². The predicted octanol–water partition coefficient (Wildman–Crippen LogP) is 4.35. The van der Waals surface area contributed by atoms with Crippen LogP contribution in [0.2, 0.25) is 0 Å². The minimum Gasteiger partial charge on any atom is -0.493 e. The van der Waals surface area contributed by atoms with Crippen molar-refractivity contribution in [2.45, 2.75) is 0 Å². The maximum Gasteiger partial charge on any atom is 0.187 e. The minimum absolute atomic E-state index is 0.456. The third-order valence-electron chi connectivity index (χ3n) is 4.36. The summed E-state index contributed by atoms with van der Waals surface area (Å²) in [5.41, 5.74) is 3.70. The molecule has 0 amide bonds. The van der Waals surface area contributed by atoms with Crippen molar-refractivity contribution in [3.05, 3.63) is 54.4 Å². The van der Waals surface area contributed by atoms with Crippen LogP contribution in [0.1, 0.15) is 5.56 Å². The molecule has 0 radical (unpaired) electrons. The molecule has 0 fully saturated rings. The molecule has 2 aromatic heterocycles. The number of nitrogens with one attached hydrogen (secondary N) is 2. The Hall–Kier alpha value is -3.72. The average molecular weight is 344 g/mol. The van der Waals surface area contributed by atoms with Crippen LogP contribution in [0.5, 0.6) is 11.5 Å². The van der Waals surface area contributed by atoms with Crippen molar-refractivity contribution in [3.8, 4) is 17.6 Å². The van der Waals surface area contributed by atoms with Crippen molar-refractivity contribution in [2.24, 2.45) is 0 Å². The van der Waals surface area contributed by atoms with Crippen LogP contribution < -0.4 is 14.8 Å². The van der Waals surface area contributed by atoms with Crippen molar-refractivity contribution in [2.75, 3.05) is 19.5 Å². The van der Waals surface area contributed by atoms with Gasteiger partial charge in [0.15, 0.2) is 11.5 Å². The fourth-order valence-electron chi connectivity index (χ4n) is 3.13. The van der Waals surface area contributed by atoms with Gasteiger partial charge in [-0.3, -0.25) is 4.98 Å². The number of benzene rings is 2. The number of aromatic amines is 1. The van der Waals surface area contributed by atoms with E-state index in [1.165, 1.54) is 0 Å². The number of hydrogen-bond acceptors (Lipinski definition) is 5. The van der Waals surface area contributed by atoms with Gasteiger partial charge in [-0.1, -0.05) is 6.07 Å². The number of H-pyrrole nitrogens is 1. The van der Waals surface area contributed by atoms with Crippen LogP contribution in [0.3, 0.4) is 0 Å². The number of nitriles is 1. The van der Waals surface area contributed by atoms with E-state index in [-0.39, 0.29) is 0 Å². The van der Waals surface area contributed by atoms with Crippen LogP contribution in [0.4, 0.5) is 11.4 Å². The van der Waals surface area contributed by atoms with Gasteiger partial charge < -0.3 is 19.8 Å². The topological polar surface area (TPSA) is 83.0 Å². The first-order chi connectivity index (χ1) is 12.8. The summed E-state index contributed by atoms with van der Waals surface area (Å²) in [7, 11) is 3.16. The Morgan fingerprint density at radius 1 is 1.08 bits per heavy atom. The van der Waals surface area contributed by atoms with Crippen molar-refractivity contribution in [3.63, 3.8) is 0 Å². The average Bonchev–Trinajstić information content (AvgIpc) is 3.17. The van der Waals surface area contributed by atoms with Gasteiger partial charge in [-0.2, -0.15) is 5.26 Å². The van der Waals surface area contributed by atoms with Crippen LogP contribution in [0.15, 0.2) is 48.8 Å². The second-order valence-corrected chi connectivity index (χ2v) is 5.73. The van der Waals surface area contributed by atoms with E-state index >= 15 is 0 Å². The minimum atomic E-state index is 0.456. The smallest absolute Gasteiger partial charge is 0.187 e. The highest BCUT2D eigenvalue weighted by Gasteiger charge is 2.16. The molecule has 0 atom stereocenters. The highest BCUT2D eigenvalue weighted by Crippen LogP contribution is 2.39. The molecule has 128 valence electrons. The van der Waals surface area contributed by atoms with Crippen molar-refractivity contribution in [1.29, 1.82) is 5.26 Å². The Balaban J connectivity index is 1.96. The Bertz CT molecular complexity index is 1160. The molecule has 6 nitrogen and oxygen atoms in total. The maximum atomic E-state index is 9.56. The summed E-state index contributed by atoms with van der Waals surface area (Å²) >= 11 is 0. The summed E-state index contributed by atoms with van der Waals surface area (Å²) in [5, 5.41) is 14.8. The summed E-state index contributed by atoms with van der Waals surface area (Å²) in [5.74, 6) is 1.13. The molecule has 0 saturated heterocycles. The molecule has 6 heteroatoms. The molecule has 0 unspecified atom stereocenters. The Kier molecular flexibility index (Phi) is 3.82. The van der Waals surface area contributed by atoms with E-state index in [0.717, 1.165) is 22.0 Å². The van der Waals surface area contributed by atoms with Crippen LogP contribution in [-0.4, -0.2) is 24.2 Å². The van der Waals surface area contributed by atoms with Gasteiger partial charge in [-0.25, -0.2) is 0 Å². The summed E-state index contributed by atoms with van der Waals surface area (Å²) < 4.78 is 10.8. The van der Waals surface area contributed by atoms with Gasteiger partial charge >= 0.3 is 0 Å². The number of fused-ring (bicyclic) bond motifs is 2. The molecule has 2 heterocycles. The number of hydrogen-bond donors (Lipinski definition) is 2. The molecule has 26 heavy (non-hydrogen) atoms. The van der Waals surface area contributed by atoms with Gasteiger partial charge in [0.1, 0.15) is 11.6 Å². The van der Waals surface area contributed by atoms with Gasteiger partial charge in [0.05, 0.1) is 25.5 Å². The number of aromatic nitrogens is 2. The van der Waals surface area contributed by atoms with E-state index in [1.54, 1.807) is 20.4 Å². The molecule has 4 aromatic rings. The number of ether oxygens (including phenoxy) is 2. The van der Waals surface area contributed by atoms with Crippen LogP contribution in [0, 0.1) is 11.3 Å². The second kappa shape index (κ2) is 6.30. The van der Waals surface area contributed by atoms with E-state index in [4.69, 9.17) is 9.47 Å². The SMILES string of the molecule is COc1ccc2c(Nc3cccc4[nH]ccc34)c(C#N)cnc2c1OC. The molecule has 0 aliphatic heterocycles. The van der Waals surface area contributed by atoms with E-state index in [0.29, 0.717) is 28.3 Å². The fourth-order valence-corrected chi connectivity index (χ4v) is 3.13. The molecule has 0 saturated carbocycles. The Labute approximate surface area is 150 Å². The number of methoxy groups -OCH3 is 2. The zero-order valence-corrected chi connectivity index (χ0v) is 14.3. The van der Waals surface area contributed by atoms with Gasteiger partial charge in [-0.15, -0.1) is 0 Å². The quantitative estimate of drug-likeness (QED) is 0.575. The number of nitrogens with zero attached hydrogens (tertiary/aromatic N) is 2. The van der Waals surface area contributed by atoms with Gasteiger partial charge in [0.25, 0.3) is 0 Å². The number of rotatable bonds is 4. The zero-order valence-electron chi connectivity index (χ0n) is 14.3. The lowest BCUT2D eigenvalue weighted by Gasteiger charge is -2.15. The third-order valence-corrected chi connectivity index (χ3v) is 4.36. The second-order valence-electron chi connectivity index (χ2n) is 5.73. The summed E-state index contributed by atoms with van der Waals surface area (Å²) in [4.78, 5) is 7.60. The Morgan fingerprint density at radius 2 is 1.96 bits per heavy atom. The van der Waals surface area contributed by atoms with E-state index < -0.39 is 0 Å². The summed E-state index contributed by atoms with van der Waals surface area (Å²) in [6.07, 6.45) is 3.43. The molecule has 0 aliphatic carbocycles. The molecule has 2 aromatic carbocycles. The van der Waals surface area contributed by atoms with Gasteiger partial charge in [-0.05, 0) is 30.3 Å². The standard InChI is InChI=1S/C20H16N4O2/c1-25-17-7-6-14-18(12(10-21)11-23-19(14)20(17)26-2)24-16-5-3-4-15-13(16)8-9-22-15/h3-9,11,22H,1-2H3,(H,23,24). The monoisotopic (exact) mass is 344 g/mol. The molecular formula is C20H16N4O2. The maximum absolute atomic E-state index is 9.56. The molecule has 0 spiro atoms. The highest BCUT2D eigenvalue weighted by atomic mass is 16.5. The normalized spacial score (nSPS) is 10.7. The first-order valence-electron chi connectivity index (χ1n) is 8.03. The lowest BCUT2D eigenvalue weighted by Crippen LogP contribution is -1.99. The lowest BCUT2D eigenvalue weighted by atomic mass is 10.1. The molecule has 2 N–H and O–H groups in total. The molecule has 0 aliphatic rings. The highest BCUT2D eigenvalue weighted by molar-refractivity contribution is 6.02. The van der Waals surface area contributed by atoms with E-state index in [9.17, 15) is 5.26 Å².